The van der Waals surface area contributed by atoms with E-state index in [1.54, 1.807) is 18.3 Å². The molecule has 8 nitrogen and oxygen atoms in total. The van der Waals surface area contributed by atoms with E-state index in [1.807, 2.05) is 0 Å². The van der Waals surface area contributed by atoms with Crippen molar-refractivity contribution >= 4 is 22.9 Å². The minimum atomic E-state index is -4.49. The van der Waals surface area contributed by atoms with Crippen molar-refractivity contribution in [2.45, 2.75) is 18.6 Å². The Kier molecular flexibility index (Phi) is 3.85. The van der Waals surface area contributed by atoms with E-state index in [0.29, 0.717) is 18.7 Å². The van der Waals surface area contributed by atoms with Gasteiger partial charge in [0.05, 0.1) is 12.4 Å². The summed E-state index contributed by atoms with van der Waals surface area (Å²) in [4.78, 5) is 26.9. The highest BCUT2D eigenvalue weighted by molar-refractivity contribution is 5.82. The zero-order chi connectivity index (χ0) is 18.3. The molecule has 1 unspecified atom stereocenters. The molecule has 0 bridgehead atoms. The molecule has 0 saturated carbocycles. The molecule has 1 aliphatic rings. The zero-order valence-corrected chi connectivity index (χ0v) is 13.8. The number of hydrogen-bond acceptors (Lipinski definition) is 7. The Hall–Kier alpha value is -2.98. The molecule has 0 amide bonds. The lowest BCUT2D eigenvalue weighted by molar-refractivity contribution is -0.141. The molecule has 4 heterocycles. The molecule has 11 heteroatoms. The number of hydrogen-bond donors (Lipinski definition) is 1. The van der Waals surface area contributed by atoms with Crippen molar-refractivity contribution in [3.05, 3.63) is 30.6 Å². The average molecular weight is 364 g/mol. The van der Waals surface area contributed by atoms with Gasteiger partial charge in [0, 0.05) is 26.3 Å². The number of nitrogens with zero attached hydrogens (tertiary/aromatic N) is 7. The summed E-state index contributed by atoms with van der Waals surface area (Å²) < 4.78 is 38.6. The van der Waals surface area contributed by atoms with Crippen LogP contribution in [-0.4, -0.2) is 56.1 Å². The van der Waals surface area contributed by atoms with E-state index in [-0.39, 0.29) is 12.0 Å². The van der Waals surface area contributed by atoms with Crippen LogP contribution in [0.25, 0.3) is 11.2 Å². The predicted octanol–water partition coefficient (Wildman–Crippen LogP) is 1.88. The van der Waals surface area contributed by atoms with Crippen molar-refractivity contribution in [2.24, 2.45) is 0 Å². The van der Waals surface area contributed by atoms with Crippen LogP contribution in [0.4, 0.5) is 24.9 Å². The van der Waals surface area contributed by atoms with Gasteiger partial charge in [-0.2, -0.15) is 13.2 Å². The number of aromatic nitrogens is 6. The number of fused-ring (bicyclic) bond motifs is 1. The summed E-state index contributed by atoms with van der Waals surface area (Å²) in [6.07, 6.45) is 0.389. The molecule has 1 aliphatic heterocycles. The second-order valence-corrected chi connectivity index (χ2v) is 6.04. The van der Waals surface area contributed by atoms with Gasteiger partial charge >= 0.3 is 6.18 Å². The van der Waals surface area contributed by atoms with Crippen LogP contribution in [0, 0.1) is 0 Å². The van der Waals surface area contributed by atoms with Crippen molar-refractivity contribution in [1.82, 2.24) is 29.9 Å². The highest BCUT2D eigenvalue weighted by Crippen LogP contribution is 2.30. The second kappa shape index (κ2) is 6.07. The Morgan fingerprint density at radius 1 is 1.23 bits per heavy atom. The van der Waals surface area contributed by atoms with E-state index in [9.17, 15) is 13.2 Å². The Labute approximate surface area is 146 Å². The van der Waals surface area contributed by atoms with Crippen molar-refractivity contribution < 1.29 is 13.2 Å². The Morgan fingerprint density at radius 2 is 2.08 bits per heavy atom. The molecule has 1 fully saturated rings. The lowest BCUT2D eigenvalue weighted by Gasteiger charge is -2.25. The fourth-order valence-corrected chi connectivity index (χ4v) is 3.08. The van der Waals surface area contributed by atoms with Gasteiger partial charge < -0.3 is 14.8 Å². The number of alkyl halides is 3. The van der Waals surface area contributed by atoms with Gasteiger partial charge in [-0.05, 0) is 12.5 Å². The number of halogens is 3. The molecule has 3 aromatic rings. The molecule has 1 atom stereocenters. The molecule has 136 valence electrons. The summed E-state index contributed by atoms with van der Waals surface area (Å²) in [6, 6.07) is 0.833. The highest BCUT2D eigenvalue weighted by atomic mass is 19.4. The first-order chi connectivity index (χ1) is 12.4. The van der Waals surface area contributed by atoms with Crippen LogP contribution in [-0.2, 0) is 6.18 Å². The van der Waals surface area contributed by atoms with Gasteiger partial charge in [0.2, 0.25) is 5.95 Å². The van der Waals surface area contributed by atoms with Crippen LogP contribution in [0.1, 0.15) is 12.1 Å². The van der Waals surface area contributed by atoms with E-state index >= 15 is 0 Å². The van der Waals surface area contributed by atoms with Crippen LogP contribution in [0.15, 0.2) is 24.9 Å². The standard InChI is InChI=1S/C15H15F3N8/c1-25(14-19-4-2-10(24-14)15(16,17)18)9-3-5-26(6-9)13-11-12(21-7-20-11)22-8-23-13/h2,4,7-9H,3,5-6H2,1H3,(H,20,21,22,23). The summed E-state index contributed by atoms with van der Waals surface area (Å²) in [5.74, 6) is 0.786. The van der Waals surface area contributed by atoms with Crippen molar-refractivity contribution in [1.29, 1.82) is 0 Å². The molecule has 0 aliphatic carbocycles. The Bertz CT molecular complexity index is 924. The molecule has 0 aromatic carbocycles. The third-order valence-corrected chi connectivity index (χ3v) is 4.46. The summed E-state index contributed by atoms with van der Waals surface area (Å²) in [6.45, 7) is 1.29. The number of nitrogens with one attached hydrogen (secondary N) is 1. The molecular weight excluding hydrogens is 349 g/mol. The van der Waals surface area contributed by atoms with Crippen LogP contribution in [0.3, 0.4) is 0 Å². The van der Waals surface area contributed by atoms with Gasteiger partial charge in [0.15, 0.2) is 11.5 Å². The molecule has 3 aromatic heterocycles. The topological polar surface area (TPSA) is 86.7 Å². The van der Waals surface area contributed by atoms with E-state index < -0.39 is 11.9 Å². The van der Waals surface area contributed by atoms with E-state index in [0.717, 1.165) is 30.0 Å². The first-order valence-electron chi connectivity index (χ1n) is 7.95. The lowest BCUT2D eigenvalue weighted by Crippen LogP contribution is -2.36. The number of aromatic amines is 1. The molecular formula is C15H15F3N8. The number of H-pyrrole nitrogens is 1. The fourth-order valence-electron chi connectivity index (χ4n) is 3.08. The van der Waals surface area contributed by atoms with Crippen molar-refractivity contribution in [3.63, 3.8) is 0 Å². The monoisotopic (exact) mass is 364 g/mol. The quantitative estimate of drug-likeness (QED) is 0.759. The third-order valence-electron chi connectivity index (χ3n) is 4.46. The Morgan fingerprint density at radius 3 is 2.88 bits per heavy atom. The van der Waals surface area contributed by atoms with Crippen LogP contribution >= 0.6 is 0 Å². The number of rotatable bonds is 3. The van der Waals surface area contributed by atoms with E-state index in [2.05, 4.69) is 34.8 Å². The summed E-state index contributed by atoms with van der Waals surface area (Å²) in [5, 5.41) is 0. The fraction of sp³-hybridized carbons (Fsp3) is 0.400. The van der Waals surface area contributed by atoms with Gasteiger partial charge in [0.25, 0.3) is 0 Å². The van der Waals surface area contributed by atoms with E-state index in [1.165, 1.54) is 6.33 Å². The van der Waals surface area contributed by atoms with Crippen LogP contribution in [0.5, 0.6) is 0 Å². The second-order valence-electron chi connectivity index (χ2n) is 6.04. The third kappa shape index (κ3) is 2.89. The SMILES string of the molecule is CN(c1nccc(C(F)(F)F)n1)C1CCN(c2ncnc3nc[nH]c23)C1. The van der Waals surface area contributed by atoms with Gasteiger partial charge in [-0.25, -0.2) is 24.9 Å². The number of anilines is 2. The largest absolute Gasteiger partial charge is 0.433 e. The maximum absolute atomic E-state index is 12.9. The molecule has 1 N–H and O–H groups in total. The van der Waals surface area contributed by atoms with Gasteiger partial charge in [-0.3, -0.25) is 0 Å². The normalized spacial score (nSPS) is 17.8. The van der Waals surface area contributed by atoms with Crippen LogP contribution in [0.2, 0.25) is 0 Å². The molecule has 26 heavy (non-hydrogen) atoms. The summed E-state index contributed by atoms with van der Waals surface area (Å²) in [5.41, 5.74) is 0.373. The van der Waals surface area contributed by atoms with E-state index in [4.69, 9.17) is 0 Å². The smallest absolute Gasteiger partial charge is 0.353 e. The lowest BCUT2D eigenvalue weighted by atomic mass is 10.2. The maximum atomic E-state index is 12.9. The van der Waals surface area contributed by atoms with Gasteiger partial charge in [0.1, 0.15) is 17.5 Å². The molecule has 4 rings (SSSR count). The molecule has 1 saturated heterocycles. The van der Waals surface area contributed by atoms with Gasteiger partial charge in [-0.15, -0.1) is 0 Å². The van der Waals surface area contributed by atoms with Crippen molar-refractivity contribution in [2.75, 3.05) is 29.9 Å². The highest BCUT2D eigenvalue weighted by Gasteiger charge is 2.34. The van der Waals surface area contributed by atoms with Crippen molar-refractivity contribution in [3.8, 4) is 0 Å². The Balaban J connectivity index is 1.54. The van der Waals surface area contributed by atoms with Crippen LogP contribution < -0.4 is 9.80 Å². The summed E-state index contributed by atoms with van der Waals surface area (Å²) in [7, 11) is 1.70. The molecule has 0 spiro atoms. The first kappa shape index (κ1) is 16.5. The zero-order valence-electron chi connectivity index (χ0n) is 13.8. The summed E-state index contributed by atoms with van der Waals surface area (Å²) >= 11 is 0. The predicted molar refractivity (Wildman–Crippen MR) is 87.7 cm³/mol. The van der Waals surface area contributed by atoms with Gasteiger partial charge in [-0.1, -0.05) is 0 Å². The number of likely N-dealkylation sites (N-methyl/N-ethyl adjacent to an activating group) is 1. The minimum Gasteiger partial charge on any atom is -0.353 e. The number of imidazole rings is 1. The first-order valence-corrected chi connectivity index (χ1v) is 7.95. The maximum Gasteiger partial charge on any atom is 0.433 e. The molecule has 0 radical (unpaired) electrons. The average Bonchev–Trinajstić information content (AvgIpc) is 3.29. The minimum absolute atomic E-state index is 0.0357.